The molecule has 0 aliphatic rings. The number of ether oxygens (including phenoxy) is 1. The van der Waals surface area contributed by atoms with Crippen molar-refractivity contribution in [3.05, 3.63) is 29.8 Å². The van der Waals surface area contributed by atoms with Crippen molar-refractivity contribution in [2.75, 3.05) is 7.11 Å². The normalized spacial score (nSPS) is 12.1. The van der Waals surface area contributed by atoms with Gasteiger partial charge in [-0.3, -0.25) is 4.79 Å². The molecule has 1 aromatic rings. The first kappa shape index (κ1) is 12.5. The molecule has 0 aromatic heterocycles. The number of aliphatic hydroxyl groups excluding tert-OH is 1. The van der Waals surface area contributed by atoms with Crippen LogP contribution in [0.3, 0.4) is 0 Å². The first-order valence-electron chi connectivity index (χ1n) is 5.14. The number of carboxylic acid groups (broad SMARTS) is 1. The van der Waals surface area contributed by atoms with Gasteiger partial charge in [-0.1, -0.05) is 12.1 Å². The van der Waals surface area contributed by atoms with Crippen LogP contribution in [-0.2, 0) is 11.2 Å². The molecule has 0 heterocycles. The number of aliphatic hydroxyl groups is 1. The van der Waals surface area contributed by atoms with E-state index < -0.39 is 12.1 Å². The van der Waals surface area contributed by atoms with Crippen molar-refractivity contribution in [2.45, 2.75) is 25.4 Å². The van der Waals surface area contributed by atoms with Crippen LogP contribution in [0.15, 0.2) is 24.3 Å². The highest BCUT2D eigenvalue weighted by molar-refractivity contribution is 5.67. The number of carboxylic acids is 1. The van der Waals surface area contributed by atoms with Gasteiger partial charge in [0, 0.05) is 0 Å². The first-order valence-corrected chi connectivity index (χ1v) is 5.14. The number of hydrogen-bond acceptors (Lipinski definition) is 3. The predicted octanol–water partition coefficient (Wildman–Crippen LogP) is 1.46. The third-order valence-corrected chi connectivity index (χ3v) is 2.34. The molecule has 0 radical (unpaired) electrons. The zero-order valence-electron chi connectivity index (χ0n) is 9.22. The van der Waals surface area contributed by atoms with Crippen molar-refractivity contribution >= 4 is 5.97 Å². The Hall–Kier alpha value is -1.55. The minimum Gasteiger partial charge on any atom is -0.497 e. The first-order chi connectivity index (χ1) is 7.61. The van der Waals surface area contributed by atoms with E-state index in [2.05, 4.69) is 0 Å². The molecule has 16 heavy (non-hydrogen) atoms. The van der Waals surface area contributed by atoms with Crippen LogP contribution in [0.1, 0.15) is 18.4 Å². The highest BCUT2D eigenvalue weighted by Crippen LogP contribution is 2.13. The van der Waals surface area contributed by atoms with Crippen LogP contribution in [0.25, 0.3) is 0 Å². The van der Waals surface area contributed by atoms with Crippen LogP contribution in [0.5, 0.6) is 5.75 Å². The predicted molar refractivity (Wildman–Crippen MR) is 59.6 cm³/mol. The van der Waals surface area contributed by atoms with Crippen molar-refractivity contribution in [1.29, 1.82) is 0 Å². The zero-order valence-corrected chi connectivity index (χ0v) is 9.22. The van der Waals surface area contributed by atoms with Gasteiger partial charge in [0.05, 0.1) is 19.6 Å². The molecule has 1 atom stereocenters. The number of aliphatic carboxylic acids is 1. The highest BCUT2D eigenvalue weighted by atomic mass is 16.5. The number of benzene rings is 1. The van der Waals surface area contributed by atoms with Crippen molar-refractivity contribution in [3.63, 3.8) is 0 Å². The Kier molecular flexibility index (Phi) is 4.79. The summed E-state index contributed by atoms with van der Waals surface area (Å²) in [6.45, 7) is 0. The van der Waals surface area contributed by atoms with Crippen LogP contribution < -0.4 is 4.74 Å². The maximum absolute atomic E-state index is 10.3. The number of hydrogen-bond donors (Lipinski definition) is 2. The maximum atomic E-state index is 10.3. The molecule has 1 unspecified atom stereocenters. The van der Waals surface area contributed by atoms with E-state index in [1.54, 1.807) is 7.11 Å². The van der Waals surface area contributed by atoms with Gasteiger partial charge in [-0.15, -0.1) is 0 Å². The van der Waals surface area contributed by atoms with Crippen LogP contribution in [-0.4, -0.2) is 29.4 Å². The van der Waals surface area contributed by atoms with Crippen LogP contribution in [0.2, 0.25) is 0 Å². The molecule has 2 N–H and O–H groups in total. The van der Waals surface area contributed by atoms with E-state index in [-0.39, 0.29) is 6.42 Å². The van der Waals surface area contributed by atoms with Gasteiger partial charge in [-0.05, 0) is 30.5 Å². The van der Waals surface area contributed by atoms with Crippen LogP contribution in [0.4, 0.5) is 0 Å². The third-order valence-electron chi connectivity index (χ3n) is 2.34. The monoisotopic (exact) mass is 224 g/mol. The summed E-state index contributed by atoms with van der Waals surface area (Å²) in [6, 6.07) is 7.51. The lowest BCUT2D eigenvalue weighted by atomic mass is 10.1. The lowest BCUT2D eigenvalue weighted by molar-refractivity contribution is -0.139. The Morgan fingerprint density at radius 1 is 1.38 bits per heavy atom. The number of rotatable bonds is 6. The molecule has 0 aliphatic heterocycles. The lowest BCUT2D eigenvalue weighted by Crippen LogP contribution is -2.13. The molecular weight excluding hydrogens is 208 g/mol. The van der Waals surface area contributed by atoms with Crippen molar-refractivity contribution < 1.29 is 19.7 Å². The Bertz CT molecular complexity index is 331. The summed E-state index contributed by atoms with van der Waals surface area (Å²) in [6.07, 6.45) is 0.146. The average molecular weight is 224 g/mol. The molecular formula is C12H16O4. The minimum absolute atomic E-state index is 0.198. The summed E-state index contributed by atoms with van der Waals surface area (Å²) >= 11 is 0. The highest BCUT2D eigenvalue weighted by Gasteiger charge is 2.09. The summed E-state index contributed by atoms with van der Waals surface area (Å²) in [5.74, 6) is -0.183. The topological polar surface area (TPSA) is 66.8 Å². The second kappa shape index (κ2) is 6.12. The molecule has 4 heteroatoms. The Labute approximate surface area is 94.5 Å². The fourth-order valence-corrected chi connectivity index (χ4v) is 1.43. The molecule has 0 saturated carbocycles. The van der Waals surface area contributed by atoms with E-state index in [4.69, 9.17) is 9.84 Å². The molecule has 1 aromatic carbocycles. The SMILES string of the molecule is COc1ccc(CCC(O)CC(=O)O)cc1. The smallest absolute Gasteiger partial charge is 0.305 e. The minimum atomic E-state index is -0.970. The van der Waals surface area contributed by atoms with Crippen molar-refractivity contribution in [2.24, 2.45) is 0 Å². The summed E-state index contributed by atoms with van der Waals surface area (Å²) in [5, 5.41) is 17.8. The van der Waals surface area contributed by atoms with Gasteiger partial charge in [-0.2, -0.15) is 0 Å². The number of aryl methyl sites for hydroxylation is 1. The molecule has 88 valence electrons. The average Bonchev–Trinajstić information content (AvgIpc) is 2.26. The van der Waals surface area contributed by atoms with Gasteiger partial charge in [0.15, 0.2) is 0 Å². The van der Waals surface area contributed by atoms with Crippen LogP contribution >= 0.6 is 0 Å². The molecule has 0 amide bonds. The van der Waals surface area contributed by atoms with Gasteiger partial charge >= 0.3 is 5.97 Å². The molecule has 0 fully saturated rings. The molecule has 0 saturated heterocycles. The molecule has 1 rings (SSSR count). The summed E-state index contributed by atoms with van der Waals surface area (Å²) in [5.41, 5.74) is 1.06. The largest absolute Gasteiger partial charge is 0.497 e. The zero-order chi connectivity index (χ0) is 12.0. The molecule has 0 aliphatic carbocycles. The Morgan fingerprint density at radius 2 is 2.00 bits per heavy atom. The fourth-order valence-electron chi connectivity index (χ4n) is 1.43. The second-order valence-electron chi connectivity index (χ2n) is 3.64. The molecule has 0 bridgehead atoms. The number of carbonyl (C=O) groups is 1. The summed E-state index contributed by atoms with van der Waals surface area (Å²) < 4.78 is 5.02. The van der Waals surface area contributed by atoms with E-state index in [1.807, 2.05) is 24.3 Å². The quantitative estimate of drug-likeness (QED) is 0.767. The summed E-state index contributed by atoms with van der Waals surface area (Å²) in [4.78, 5) is 10.3. The van der Waals surface area contributed by atoms with Gasteiger partial charge < -0.3 is 14.9 Å². The van der Waals surface area contributed by atoms with E-state index in [0.717, 1.165) is 11.3 Å². The second-order valence-corrected chi connectivity index (χ2v) is 3.64. The molecule has 0 spiro atoms. The maximum Gasteiger partial charge on any atom is 0.305 e. The van der Waals surface area contributed by atoms with E-state index in [1.165, 1.54) is 0 Å². The Balaban J connectivity index is 2.39. The van der Waals surface area contributed by atoms with Gasteiger partial charge in [0.2, 0.25) is 0 Å². The van der Waals surface area contributed by atoms with Crippen molar-refractivity contribution in [3.8, 4) is 5.75 Å². The third kappa shape index (κ3) is 4.31. The lowest BCUT2D eigenvalue weighted by Gasteiger charge is -2.08. The van der Waals surface area contributed by atoms with Crippen molar-refractivity contribution in [1.82, 2.24) is 0 Å². The Morgan fingerprint density at radius 3 is 2.50 bits per heavy atom. The standard InChI is InChI=1S/C12H16O4/c1-16-11-6-3-9(4-7-11)2-5-10(13)8-12(14)15/h3-4,6-7,10,13H,2,5,8H2,1H3,(H,14,15). The fraction of sp³-hybridized carbons (Fsp3) is 0.417. The van der Waals surface area contributed by atoms with E-state index in [0.29, 0.717) is 12.8 Å². The van der Waals surface area contributed by atoms with E-state index >= 15 is 0 Å². The number of methoxy groups -OCH3 is 1. The van der Waals surface area contributed by atoms with Crippen LogP contribution in [0, 0.1) is 0 Å². The molecule has 4 nitrogen and oxygen atoms in total. The van der Waals surface area contributed by atoms with Gasteiger partial charge in [-0.25, -0.2) is 0 Å². The van der Waals surface area contributed by atoms with E-state index in [9.17, 15) is 9.90 Å². The summed E-state index contributed by atoms with van der Waals surface area (Å²) in [7, 11) is 1.60. The van der Waals surface area contributed by atoms with Gasteiger partial charge in [0.25, 0.3) is 0 Å². The van der Waals surface area contributed by atoms with Gasteiger partial charge in [0.1, 0.15) is 5.75 Å².